The van der Waals surface area contributed by atoms with Gasteiger partial charge in [0.15, 0.2) is 0 Å². The summed E-state index contributed by atoms with van der Waals surface area (Å²) in [5.74, 6) is 0.597. The zero-order chi connectivity index (χ0) is 17.6. The van der Waals surface area contributed by atoms with Gasteiger partial charge in [-0.05, 0) is 36.4 Å². The van der Waals surface area contributed by atoms with E-state index in [1.54, 1.807) is 36.4 Å². The number of β-amino-alcohol motifs (C(OH)–C–C–N with tert-alkyl or cyclic N) is 1. The Morgan fingerprint density at radius 1 is 1.04 bits per heavy atom. The Morgan fingerprint density at radius 3 is 2.40 bits per heavy atom. The molecule has 1 aliphatic rings. The third-order valence-electron chi connectivity index (χ3n) is 4.21. The average molecular weight is 344 g/mol. The average Bonchev–Trinajstić information content (AvgIpc) is 2.63. The van der Waals surface area contributed by atoms with Gasteiger partial charge in [0.25, 0.3) is 5.91 Å². The van der Waals surface area contributed by atoms with Crippen molar-refractivity contribution < 1.29 is 19.0 Å². The highest BCUT2D eigenvalue weighted by Crippen LogP contribution is 2.22. The van der Waals surface area contributed by atoms with E-state index in [0.29, 0.717) is 36.7 Å². The van der Waals surface area contributed by atoms with Crippen molar-refractivity contribution in [1.29, 1.82) is 0 Å². The Labute approximate surface area is 146 Å². The molecule has 25 heavy (non-hydrogen) atoms. The molecule has 1 heterocycles. The van der Waals surface area contributed by atoms with Crippen molar-refractivity contribution in [2.45, 2.75) is 0 Å². The fourth-order valence-corrected chi connectivity index (χ4v) is 2.83. The van der Waals surface area contributed by atoms with Crippen LogP contribution in [0.2, 0.25) is 0 Å². The predicted octanol–water partition coefficient (Wildman–Crippen LogP) is 2.37. The van der Waals surface area contributed by atoms with Crippen LogP contribution in [0.3, 0.4) is 0 Å². The van der Waals surface area contributed by atoms with Gasteiger partial charge in [-0.3, -0.25) is 9.69 Å². The Hall–Kier alpha value is -2.44. The van der Waals surface area contributed by atoms with Gasteiger partial charge in [0.1, 0.15) is 17.3 Å². The molecule has 1 aliphatic heterocycles. The van der Waals surface area contributed by atoms with E-state index in [0.717, 1.165) is 13.1 Å². The summed E-state index contributed by atoms with van der Waals surface area (Å²) >= 11 is 0. The molecule has 1 fully saturated rings. The monoisotopic (exact) mass is 344 g/mol. The van der Waals surface area contributed by atoms with E-state index in [4.69, 9.17) is 9.84 Å². The van der Waals surface area contributed by atoms with Crippen LogP contribution in [0.4, 0.5) is 4.39 Å². The van der Waals surface area contributed by atoms with Crippen LogP contribution >= 0.6 is 0 Å². The first-order valence-corrected chi connectivity index (χ1v) is 8.32. The molecule has 0 aliphatic carbocycles. The second-order valence-electron chi connectivity index (χ2n) is 5.94. The lowest BCUT2D eigenvalue weighted by Crippen LogP contribution is -2.49. The molecule has 0 aromatic heterocycles. The number of hydrogen-bond donors (Lipinski definition) is 1. The predicted molar refractivity (Wildman–Crippen MR) is 92.3 cm³/mol. The van der Waals surface area contributed by atoms with Gasteiger partial charge >= 0.3 is 0 Å². The van der Waals surface area contributed by atoms with Crippen LogP contribution in [0.25, 0.3) is 0 Å². The van der Waals surface area contributed by atoms with Crippen molar-refractivity contribution in [3.8, 4) is 11.5 Å². The molecule has 5 nitrogen and oxygen atoms in total. The van der Waals surface area contributed by atoms with Crippen LogP contribution in [0.1, 0.15) is 10.4 Å². The minimum atomic E-state index is -0.357. The number of rotatable bonds is 5. The van der Waals surface area contributed by atoms with Crippen LogP contribution < -0.4 is 4.74 Å². The molecule has 6 heteroatoms. The highest BCUT2D eigenvalue weighted by Gasteiger charge is 2.21. The Balaban J connectivity index is 1.59. The molecule has 0 saturated carbocycles. The van der Waals surface area contributed by atoms with Gasteiger partial charge in [-0.15, -0.1) is 0 Å². The van der Waals surface area contributed by atoms with E-state index in [1.807, 2.05) is 4.90 Å². The van der Waals surface area contributed by atoms with Crippen LogP contribution in [-0.2, 0) is 0 Å². The van der Waals surface area contributed by atoms with Crippen LogP contribution in [0.5, 0.6) is 11.5 Å². The van der Waals surface area contributed by atoms with Gasteiger partial charge in [0.05, 0.1) is 6.61 Å². The molecule has 0 spiro atoms. The first kappa shape index (κ1) is 17.4. The fourth-order valence-electron chi connectivity index (χ4n) is 2.83. The summed E-state index contributed by atoms with van der Waals surface area (Å²) < 4.78 is 18.8. The maximum atomic E-state index is 13.2. The number of carbonyl (C=O) groups is 1. The maximum Gasteiger partial charge on any atom is 0.253 e. The highest BCUT2D eigenvalue weighted by atomic mass is 19.1. The van der Waals surface area contributed by atoms with E-state index in [9.17, 15) is 9.18 Å². The molecule has 2 aromatic rings. The van der Waals surface area contributed by atoms with E-state index in [1.165, 1.54) is 12.1 Å². The van der Waals surface area contributed by atoms with Crippen LogP contribution in [0.15, 0.2) is 48.5 Å². The largest absolute Gasteiger partial charge is 0.457 e. The van der Waals surface area contributed by atoms with Gasteiger partial charge in [-0.1, -0.05) is 6.07 Å². The minimum absolute atomic E-state index is 0.0130. The second-order valence-corrected chi connectivity index (χ2v) is 5.94. The second kappa shape index (κ2) is 8.09. The molecule has 0 radical (unpaired) electrons. The Morgan fingerprint density at radius 2 is 1.76 bits per heavy atom. The molecule has 0 bridgehead atoms. The normalized spacial score (nSPS) is 15.2. The lowest BCUT2D eigenvalue weighted by atomic mass is 10.1. The molecular weight excluding hydrogens is 323 g/mol. The fraction of sp³-hybridized carbons (Fsp3) is 0.316. The lowest BCUT2D eigenvalue weighted by Gasteiger charge is -2.34. The molecule has 1 amide bonds. The van der Waals surface area contributed by atoms with Gasteiger partial charge in [-0.2, -0.15) is 0 Å². The number of nitrogens with zero attached hydrogens (tertiary/aromatic N) is 2. The van der Waals surface area contributed by atoms with E-state index < -0.39 is 0 Å². The van der Waals surface area contributed by atoms with Gasteiger partial charge in [0.2, 0.25) is 0 Å². The molecule has 2 aromatic carbocycles. The summed E-state index contributed by atoms with van der Waals surface area (Å²) in [5, 5.41) is 8.96. The minimum Gasteiger partial charge on any atom is -0.457 e. The number of piperazine rings is 1. The number of ether oxygens (including phenoxy) is 1. The summed E-state index contributed by atoms with van der Waals surface area (Å²) in [6.07, 6.45) is 0. The molecule has 0 atom stereocenters. The SMILES string of the molecule is O=C(c1ccc(Oc2cccc(F)c2)cc1)N1CCN(CCO)CC1. The van der Waals surface area contributed by atoms with Crippen molar-refractivity contribution in [3.05, 3.63) is 59.9 Å². The molecule has 1 N–H and O–H groups in total. The van der Waals surface area contributed by atoms with Gasteiger partial charge in [-0.25, -0.2) is 4.39 Å². The van der Waals surface area contributed by atoms with E-state index in [2.05, 4.69) is 4.90 Å². The summed E-state index contributed by atoms with van der Waals surface area (Å²) in [6.45, 7) is 3.63. The van der Waals surface area contributed by atoms with Crippen molar-refractivity contribution in [3.63, 3.8) is 0 Å². The van der Waals surface area contributed by atoms with Crippen molar-refractivity contribution >= 4 is 5.91 Å². The number of carbonyl (C=O) groups excluding carboxylic acids is 1. The summed E-state index contributed by atoms with van der Waals surface area (Å²) in [6, 6.07) is 12.8. The number of hydrogen-bond acceptors (Lipinski definition) is 4. The summed E-state index contributed by atoms with van der Waals surface area (Å²) in [5.41, 5.74) is 0.599. The van der Waals surface area contributed by atoms with Crippen molar-refractivity contribution in [1.82, 2.24) is 9.80 Å². The first-order valence-electron chi connectivity index (χ1n) is 8.32. The number of aliphatic hydroxyl groups is 1. The number of benzene rings is 2. The third-order valence-corrected chi connectivity index (χ3v) is 4.21. The van der Waals surface area contributed by atoms with Crippen molar-refractivity contribution in [2.24, 2.45) is 0 Å². The first-order chi connectivity index (χ1) is 12.2. The number of halogens is 1. The zero-order valence-corrected chi connectivity index (χ0v) is 13.9. The molecule has 1 saturated heterocycles. The summed E-state index contributed by atoms with van der Waals surface area (Å²) in [4.78, 5) is 16.5. The summed E-state index contributed by atoms with van der Waals surface area (Å²) in [7, 11) is 0. The van der Waals surface area contributed by atoms with Gasteiger partial charge < -0.3 is 14.7 Å². The number of aliphatic hydroxyl groups excluding tert-OH is 1. The van der Waals surface area contributed by atoms with Crippen LogP contribution in [0, 0.1) is 5.82 Å². The zero-order valence-electron chi connectivity index (χ0n) is 13.9. The maximum absolute atomic E-state index is 13.2. The topological polar surface area (TPSA) is 53.0 Å². The smallest absolute Gasteiger partial charge is 0.253 e. The molecule has 132 valence electrons. The van der Waals surface area contributed by atoms with Crippen LogP contribution in [-0.4, -0.2) is 60.1 Å². The molecule has 0 unspecified atom stereocenters. The molecule has 3 rings (SSSR count). The Bertz CT molecular complexity index is 713. The van der Waals surface area contributed by atoms with E-state index >= 15 is 0 Å². The lowest BCUT2D eigenvalue weighted by molar-refractivity contribution is 0.0615. The number of amides is 1. The highest BCUT2D eigenvalue weighted by molar-refractivity contribution is 5.94. The Kier molecular flexibility index (Phi) is 5.63. The van der Waals surface area contributed by atoms with E-state index in [-0.39, 0.29) is 18.3 Å². The van der Waals surface area contributed by atoms with Crippen molar-refractivity contribution in [2.75, 3.05) is 39.3 Å². The third kappa shape index (κ3) is 4.55. The standard InChI is InChI=1S/C19H21FN2O3/c20-16-2-1-3-18(14-16)25-17-6-4-15(5-7-17)19(24)22-10-8-21(9-11-22)12-13-23/h1-7,14,23H,8-13H2. The van der Waals surface area contributed by atoms with Gasteiger partial charge in [0, 0.05) is 44.4 Å². The quantitative estimate of drug-likeness (QED) is 0.905. The molecular formula is C19H21FN2O3.